The van der Waals surface area contributed by atoms with E-state index in [1.165, 1.54) is 23.5 Å². The van der Waals surface area contributed by atoms with Crippen molar-refractivity contribution in [2.75, 3.05) is 39.8 Å². The van der Waals surface area contributed by atoms with Crippen molar-refractivity contribution in [2.45, 2.75) is 49.2 Å². The highest BCUT2D eigenvalue weighted by atomic mass is 32.2. The molecule has 198 valence electrons. The predicted molar refractivity (Wildman–Crippen MR) is 118 cm³/mol. The summed E-state index contributed by atoms with van der Waals surface area (Å²) >= 11 is 0. The van der Waals surface area contributed by atoms with Gasteiger partial charge in [-0.1, -0.05) is 0 Å². The third-order valence-electron chi connectivity index (χ3n) is 6.13. The topological polar surface area (TPSA) is 126 Å². The molecule has 3 N–H and O–H groups in total. The number of methoxy groups -OCH3 is 1. The standard InChI is InChI=1S/C21H30F3N3O7S/c1-32-18(28)14-26-19(29)20(8-10-25-11-9-20)35(30,31)27-12-6-16(7-13-27)33-15-2-4-17(5-3-15)34-21(22,23)24/h2-5,16,18,25,28H,6-14H2,1H3,(H,26,29). The number of amides is 1. The summed E-state index contributed by atoms with van der Waals surface area (Å²) in [5, 5.41) is 15.1. The van der Waals surface area contributed by atoms with E-state index in [0.29, 0.717) is 31.7 Å². The molecule has 0 aliphatic carbocycles. The Morgan fingerprint density at radius 3 is 2.31 bits per heavy atom. The van der Waals surface area contributed by atoms with E-state index in [0.717, 1.165) is 12.1 Å². The fraction of sp³-hybridized carbons (Fsp3) is 0.667. The van der Waals surface area contributed by atoms with Gasteiger partial charge in [0, 0.05) is 20.2 Å². The van der Waals surface area contributed by atoms with Gasteiger partial charge in [-0.15, -0.1) is 13.2 Å². The number of sulfonamides is 1. The smallest absolute Gasteiger partial charge is 0.490 e. The number of piperidine rings is 2. The van der Waals surface area contributed by atoms with Crippen molar-refractivity contribution in [1.29, 1.82) is 0 Å². The Labute approximate surface area is 201 Å². The lowest BCUT2D eigenvalue weighted by Crippen LogP contribution is -2.62. The van der Waals surface area contributed by atoms with Crippen molar-refractivity contribution < 1.29 is 45.7 Å². The van der Waals surface area contributed by atoms with Gasteiger partial charge >= 0.3 is 6.36 Å². The first-order chi connectivity index (χ1) is 16.5. The minimum absolute atomic E-state index is 0.0903. The second-order valence-corrected chi connectivity index (χ2v) is 10.6. The highest BCUT2D eigenvalue weighted by molar-refractivity contribution is 7.91. The molecule has 1 aromatic rings. The van der Waals surface area contributed by atoms with Gasteiger partial charge in [0.2, 0.25) is 15.9 Å². The summed E-state index contributed by atoms with van der Waals surface area (Å²) < 4.78 is 78.2. The van der Waals surface area contributed by atoms with Crippen LogP contribution in [0.5, 0.6) is 11.5 Å². The van der Waals surface area contributed by atoms with Crippen LogP contribution in [0, 0.1) is 0 Å². The van der Waals surface area contributed by atoms with E-state index in [1.54, 1.807) is 0 Å². The maximum absolute atomic E-state index is 13.6. The second kappa shape index (κ2) is 11.3. The highest BCUT2D eigenvalue weighted by Gasteiger charge is 2.54. The average Bonchev–Trinajstić information content (AvgIpc) is 2.83. The number of aliphatic hydroxyl groups excluding tert-OH is 1. The molecule has 1 atom stereocenters. The van der Waals surface area contributed by atoms with Gasteiger partial charge < -0.3 is 30.0 Å². The molecule has 2 aliphatic rings. The number of hydrogen-bond acceptors (Lipinski definition) is 8. The second-order valence-electron chi connectivity index (χ2n) is 8.39. The average molecular weight is 526 g/mol. The lowest BCUT2D eigenvalue weighted by molar-refractivity contribution is -0.274. The molecule has 1 unspecified atom stereocenters. The molecule has 10 nitrogen and oxygen atoms in total. The van der Waals surface area contributed by atoms with E-state index in [2.05, 4.69) is 15.4 Å². The van der Waals surface area contributed by atoms with Crippen LogP contribution in [0.3, 0.4) is 0 Å². The Morgan fingerprint density at radius 1 is 1.20 bits per heavy atom. The number of alkyl halides is 3. The number of rotatable bonds is 9. The minimum Gasteiger partial charge on any atom is -0.490 e. The van der Waals surface area contributed by atoms with Crippen molar-refractivity contribution in [3.05, 3.63) is 24.3 Å². The summed E-state index contributed by atoms with van der Waals surface area (Å²) in [7, 11) is -2.77. The van der Waals surface area contributed by atoms with Crippen LogP contribution in [-0.4, -0.2) is 87.1 Å². The van der Waals surface area contributed by atoms with Crippen LogP contribution in [0.2, 0.25) is 0 Å². The number of ether oxygens (including phenoxy) is 3. The lowest BCUT2D eigenvalue weighted by atomic mass is 9.96. The number of hydrogen-bond donors (Lipinski definition) is 3. The first kappa shape index (κ1) is 27.5. The van der Waals surface area contributed by atoms with Crippen molar-refractivity contribution >= 4 is 15.9 Å². The minimum atomic E-state index is -4.78. The normalized spacial score (nSPS) is 20.7. The van der Waals surface area contributed by atoms with Crippen LogP contribution in [0.15, 0.2) is 24.3 Å². The summed E-state index contributed by atoms with van der Waals surface area (Å²) in [5.74, 6) is -0.698. The van der Waals surface area contributed by atoms with Crippen LogP contribution < -0.4 is 20.1 Å². The lowest BCUT2D eigenvalue weighted by Gasteiger charge is -2.41. The van der Waals surface area contributed by atoms with Crippen LogP contribution in [0.25, 0.3) is 0 Å². The predicted octanol–water partition coefficient (Wildman–Crippen LogP) is 0.961. The van der Waals surface area contributed by atoms with Gasteiger partial charge in [0.25, 0.3) is 0 Å². The Hall–Kier alpha value is -2.13. The number of carbonyl (C=O) groups excluding carboxylic acids is 1. The maximum Gasteiger partial charge on any atom is 0.573 e. The van der Waals surface area contributed by atoms with Gasteiger partial charge in [-0.25, -0.2) is 12.7 Å². The molecule has 0 bridgehead atoms. The zero-order valence-electron chi connectivity index (χ0n) is 19.2. The summed E-state index contributed by atoms with van der Waals surface area (Å²) in [4.78, 5) is 13.0. The van der Waals surface area contributed by atoms with Gasteiger partial charge in [-0.2, -0.15) is 0 Å². The zero-order chi connectivity index (χ0) is 25.7. The van der Waals surface area contributed by atoms with Gasteiger partial charge in [0.05, 0.1) is 6.54 Å². The van der Waals surface area contributed by atoms with E-state index in [4.69, 9.17) is 9.47 Å². The Morgan fingerprint density at radius 2 is 1.77 bits per heavy atom. The molecule has 2 aliphatic heterocycles. The Balaban J connectivity index is 1.62. The molecule has 1 amide bonds. The van der Waals surface area contributed by atoms with Crippen LogP contribution in [0.4, 0.5) is 13.2 Å². The summed E-state index contributed by atoms with van der Waals surface area (Å²) in [6.45, 7) is 0.736. The molecule has 3 rings (SSSR count). The Kier molecular flexibility index (Phi) is 8.86. The Bertz CT molecular complexity index is 946. The van der Waals surface area contributed by atoms with Gasteiger partial charge in [0.15, 0.2) is 11.0 Å². The number of nitrogens with one attached hydrogen (secondary N) is 2. The number of nitrogens with zero attached hydrogens (tertiary/aromatic N) is 1. The van der Waals surface area contributed by atoms with E-state index >= 15 is 0 Å². The number of benzene rings is 1. The zero-order valence-corrected chi connectivity index (χ0v) is 20.0. The summed E-state index contributed by atoms with van der Waals surface area (Å²) in [6.07, 6.45) is -5.50. The fourth-order valence-corrected chi connectivity index (χ4v) is 6.42. The number of carbonyl (C=O) groups is 1. The highest BCUT2D eigenvalue weighted by Crippen LogP contribution is 2.34. The molecule has 0 saturated carbocycles. The summed E-state index contributed by atoms with van der Waals surface area (Å²) in [5.41, 5.74) is 0. The molecule has 2 heterocycles. The SMILES string of the molecule is COC(O)CNC(=O)C1(S(=O)(=O)N2CCC(Oc3ccc(OC(F)(F)F)cc3)CC2)CCNCC1. The number of aliphatic hydroxyl groups is 1. The summed E-state index contributed by atoms with van der Waals surface area (Å²) in [6, 6.07) is 4.99. The first-order valence-corrected chi connectivity index (χ1v) is 12.6. The van der Waals surface area contributed by atoms with Crippen molar-refractivity contribution in [2.24, 2.45) is 0 Å². The van der Waals surface area contributed by atoms with Gasteiger partial charge in [-0.3, -0.25) is 4.79 Å². The third-order valence-corrected chi connectivity index (χ3v) is 8.76. The van der Waals surface area contributed by atoms with Crippen LogP contribution in [0.1, 0.15) is 25.7 Å². The molecule has 14 heteroatoms. The van der Waals surface area contributed by atoms with Crippen LogP contribution in [-0.2, 0) is 19.6 Å². The van der Waals surface area contributed by atoms with Crippen molar-refractivity contribution in [3.8, 4) is 11.5 Å². The van der Waals surface area contributed by atoms with E-state index in [-0.39, 0.29) is 44.3 Å². The number of halogens is 3. The third kappa shape index (κ3) is 6.76. The first-order valence-electron chi connectivity index (χ1n) is 11.2. The van der Waals surface area contributed by atoms with E-state index < -0.39 is 33.3 Å². The maximum atomic E-state index is 13.6. The molecule has 0 spiro atoms. The molecule has 2 saturated heterocycles. The monoisotopic (exact) mass is 525 g/mol. The molecule has 1 aromatic carbocycles. The molecular formula is C21H30F3N3O7S. The quantitative estimate of drug-likeness (QED) is 0.407. The molecular weight excluding hydrogens is 495 g/mol. The van der Waals surface area contributed by atoms with Crippen molar-refractivity contribution in [3.63, 3.8) is 0 Å². The largest absolute Gasteiger partial charge is 0.573 e. The van der Waals surface area contributed by atoms with E-state index in [9.17, 15) is 31.5 Å². The molecule has 0 aromatic heterocycles. The van der Waals surface area contributed by atoms with Crippen LogP contribution >= 0.6 is 0 Å². The van der Waals surface area contributed by atoms with E-state index in [1.807, 2.05) is 0 Å². The molecule has 2 fully saturated rings. The molecule has 0 radical (unpaired) electrons. The van der Waals surface area contributed by atoms with Crippen molar-refractivity contribution in [1.82, 2.24) is 14.9 Å². The fourth-order valence-electron chi connectivity index (χ4n) is 4.21. The van der Waals surface area contributed by atoms with Gasteiger partial charge in [0.1, 0.15) is 17.6 Å². The van der Waals surface area contributed by atoms with Gasteiger partial charge in [-0.05, 0) is 63.0 Å². The molecule has 35 heavy (non-hydrogen) atoms.